The van der Waals surface area contributed by atoms with Crippen molar-refractivity contribution in [3.63, 3.8) is 0 Å². The van der Waals surface area contributed by atoms with Gasteiger partial charge >= 0.3 is 0 Å². The van der Waals surface area contributed by atoms with Crippen molar-refractivity contribution in [2.45, 2.75) is 19.6 Å². The number of halogens is 1. The third-order valence-corrected chi connectivity index (χ3v) is 3.59. The molecule has 22 heavy (non-hydrogen) atoms. The van der Waals surface area contributed by atoms with E-state index in [2.05, 4.69) is 46.4 Å². The number of hydrogen-bond acceptors (Lipinski definition) is 3. The summed E-state index contributed by atoms with van der Waals surface area (Å²) >= 11 is 5.78. The molecule has 112 valence electrons. The number of nitrogens with zero attached hydrogens (tertiary/aromatic N) is 2. The zero-order chi connectivity index (χ0) is 16.2. The van der Waals surface area contributed by atoms with Gasteiger partial charge in [0, 0.05) is 0 Å². The van der Waals surface area contributed by atoms with Crippen LogP contribution < -0.4 is 5.32 Å². The first-order chi connectivity index (χ1) is 10.3. The number of nitrogens with one attached hydrogen (secondary N) is 1. The molecule has 0 atom stereocenters. The van der Waals surface area contributed by atoms with E-state index < -0.39 is 8.07 Å². The van der Waals surface area contributed by atoms with Gasteiger partial charge in [0.1, 0.15) is 30.4 Å². The normalized spacial score (nSPS) is 10.5. The summed E-state index contributed by atoms with van der Waals surface area (Å²) in [5, 5.41) is 2.97. The first kappa shape index (κ1) is 16.2. The maximum absolute atomic E-state index is 12.1. The van der Waals surface area contributed by atoms with E-state index in [9.17, 15) is 4.79 Å². The highest BCUT2D eigenvalue weighted by atomic mass is 35.5. The molecule has 6 heteroatoms. The van der Waals surface area contributed by atoms with Crippen molar-refractivity contribution in [1.29, 1.82) is 0 Å². The summed E-state index contributed by atoms with van der Waals surface area (Å²) in [6.45, 7) is 6.49. The lowest BCUT2D eigenvalue weighted by molar-refractivity contribution is 0.102. The summed E-state index contributed by atoms with van der Waals surface area (Å²) in [7, 11) is -1.46. The van der Waals surface area contributed by atoms with Crippen molar-refractivity contribution in [3.05, 3.63) is 52.9 Å². The predicted octanol–water partition coefficient (Wildman–Crippen LogP) is 3.61. The number of rotatable bonds is 2. The topological polar surface area (TPSA) is 54.9 Å². The van der Waals surface area contributed by atoms with Gasteiger partial charge in [-0.25, -0.2) is 9.97 Å². The summed E-state index contributed by atoms with van der Waals surface area (Å²) in [5.41, 5.74) is 4.12. The number of anilines is 1. The van der Waals surface area contributed by atoms with E-state index in [1.165, 1.54) is 0 Å². The van der Waals surface area contributed by atoms with Crippen molar-refractivity contribution in [2.75, 3.05) is 5.32 Å². The maximum Gasteiger partial charge on any atom is 0.275 e. The molecule has 0 bridgehead atoms. The highest BCUT2D eigenvalue weighted by Crippen LogP contribution is 2.09. The largest absolute Gasteiger partial charge is 0.305 e. The van der Waals surface area contributed by atoms with Gasteiger partial charge in [0.05, 0.1) is 0 Å². The fourth-order valence-corrected chi connectivity index (χ4v) is 2.21. The average molecular weight is 330 g/mol. The zero-order valence-electron chi connectivity index (χ0n) is 12.6. The van der Waals surface area contributed by atoms with Gasteiger partial charge in [0.25, 0.3) is 5.91 Å². The third kappa shape index (κ3) is 4.99. The number of hydrogen-bond donors (Lipinski definition) is 1. The summed E-state index contributed by atoms with van der Waals surface area (Å²) in [6.07, 6.45) is 0. The van der Waals surface area contributed by atoms with Crippen LogP contribution in [0.15, 0.2) is 36.4 Å². The average Bonchev–Trinajstić information content (AvgIpc) is 2.45. The number of pyridine rings is 2. The zero-order valence-corrected chi connectivity index (χ0v) is 14.4. The number of carbonyl (C=O) groups is 1. The summed E-state index contributed by atoms with van der Waals surface area (Å²) in [4.78, 5) is 20.4. The number of amides is 1. The Hall–Kier alpha value is -2.16. The molecule has 0 unspecified atom stereocenters. The SMILES string of the molecule is C[Si](C)(C)C#Cc1cccc(NC(=O)c2cccc(Cl)n2)n1. The Balaban J connectivity index is 2.16. The van der Waals surface area contributed by atoms with Crippen LogP contribution in [-0.2, 0) is 0 Å². The van der Waals surface area contributed by atoms with E-state index in [0.29, 0.717) is 11.5 Å². The molecule has 2 rings (SSSR count). The molecular weight excluding hydrogens is 314 g/mol. The van der Waals surface area contributed by atoms with Gasteiger partial charge in [0.15, 0.2) is 0 Å². The van der Waals surface area contributed by atoms with Crippen LogP contribution in [-0.4, -0.2) is 23.9 Å². The molecule has 1 N–H and O–H groups in total. The Morgan fingerprint density at radius 1 is 1.14 bits per heavy atom. The van der Waals surface area contributed by atoms with Crippen LogP contribution in [0, 0.1) is 11.5 Å². The predicted molar refractivity (Wildman–Crippen MR) is 91.7 cm³/mol. The molecule has 0 fully saturated rings. The van der Waals surface area contributed by atoms with Crippen molar-refractivity contribution in [2.24, 2.45) is 0 Å². The highest BCUT2D eigenvalue weighted by molar-refractivity contribution is 6.83. The summed E-state index contributed by atoms with van der Waals surface area (Å²) in [6, 6.07) is 10.2. The van der Waals surface area contributed by atoms with Gasteiger partial charge in [0.2, 0.25) is 0 Å². The number of aromatic nitrogens is 2. The maximum atomic E-state index is 12.1. The molecule has 2 heterocycles. The van der Waals surface area contributed by atoms with Gasteiger partial charge in [-0.3, -0.25) is 4.79 Å². The van der Waals surface area contributed by atoms with Gasteiger partial charge in [-0.05, 0) is 24.3 Å². The second-order valence-electron chi connectivity index (χ2n) is 5.71. The van der Waals surface area contributed by atoms with E-state index in [1.807, 2.05) is 12.1 Å². The molecule has 0 aliphatic rings. The van der Waals surface area contributed by atoms with Crippen molar-refractivity contribution in [3.8, 4) is 11.5 Å². The smallest absolute Gasteiger partial charge is 0.275 e. The minimum Gasteiger partial charge on any atom is -0.305 e. The Morgan fingerprint density at radius 2 is 1.86 bits per heavy atom. The summed E-state index contributed by atoms with van der Waals surface area (Å²) < 4.78 is 0. The second-order valence-corrected chi connectivity index (χ2v) is 10.8. The van der Waals surface area contributed by atoms with Crippen LogP contribution in [0.5, 0.6) is 0 Å². The van der Waals surface area contributed by atoms with E-state index >= 15 is 0 Å². The number of carbonyl (C=O) groups excluding carboxylic acids is 1. The van der Waals surface area contributed by atoms with Gasteiger partial charge in [-0.1, -0.05) is 49.3 Å². The fourth-order valence-electron chi connectivity index (χ4n) is 1.54. The Bertz CT molecular complexity index is 760. The van der Waals surface area contributed by atoms with E-state index in [4.69, 9.17) is 11.6 Å². The highest BCUT2D eigenvalue weighted by Gasteiger charge is 2.10. The summed E-state index contributed by atoms with van der Waals surface area (Å²) in [5.74, 6) is 3.14. The van der Waals surface area contributed by atoms with Crippen LogP contribution in [0.25, 0.3) is 0 Å². The molecule has 2 aromatic rings. The van der Waals surface area contributed by atoms with Crippen LogP contribution in [0.2, 0.25) is 24.8 Å². The molecule has 4 nitrogen and oxygen atoms in total. The lowest BCUT2D eigenvalue weighted by atomic mass is 10.3. The van der Waals surface area contributed by atoms with E-state index in [1.54, 1.807) is 24.3 Å². The lowest BCUT2D eigenvalue weighted by Crippen LogP contribution is -2.16. The molecule has 0 aromatic carbocycles. The van der Waals surface area contributed by atoms with Crippen LogP contribution in [0.3, 0.4) is 0 Å². The van der Waals surface area contributed by atoms with Gasteiger partial charge in [-0.2, -0.15) is 0 Å². The Labute approximate surface area is 136 Å². The van der Waals surface area contributed by atoms with Crippen molar-refractivity contribution >= 4 is 31.4 Å². The van der Waals surface area contributed by atoms with Gasteiger partial charge in [-0.15, -0.1) is 5.54 Å². The first-order valence-electron chi connectivity index (χ1n) is 6.78. The lowest BCUT2D eigenvalue weighted by Gasteiger charge is -2.05. The Kier molecular flexibility index (Phi) is 4.96. The molecule has 0 aliphatic carbocycles. The minimum atomic E-state index is -1.46. The third-order valence-electron chi connectivity index (χ3n) is 2.50. The molecule has 0 aliphatic heterocycles. The molecular formula is C16H16ClN3OSi. The van der Waals surface area contributed by atoms with Crippen LogP contribution in [0.1, 0.15) is 16.2 Å². The van der Waals surface area contributed by atoms with Crippen LogP contribution >= 0.6 is 11.6 Å². The molecule has 0 saturated heterocycles. The molecule has 0 radical (unpaired) electrons. The first-order valence-corrected chi connectivity index (χ1v) is 10.7. The molecule has 0 saturated carbocycles. The van der Waals surface area contributed by atoms with E-state index in [-0.39, 0.29) is 16.8 Å². The van der Waals surface area contributed by atoms with Gasteiger partial charge < -0.3 is 5.32 Å². The van der Waals surface area contributed by atoms with Crippen molar-refractivity contribution < 1.29 is 4.79 Å². The quantitative estimate of drug-likeness (QED) is 0.520. The van der Waals surface area contributed by atoms with E-state index in [0.717, 1.165) is 0 Å². The monoisotopic (exact) mass is 329 g/mol. The Morgan fingerprint density at radius 3 is 2.55 bits per heavy atom. The molecule has 2 aromatic heterocycles. The minimum absolute atomic E-state index is 0.243. The molecule has 1 amide bonds. The van der Waals surface area contributed by atoms with Crippen molar-refractivity contribution in [1.82, 2.24) is 9.97 Å². The standard InChI is InChI=1S/C16H16ClN3OSi/c1-22(2,3)11-10-12-6-4-9-15(18-12)20-16(21)13-7-5-8-14(17)19-13/h4-9H,1-3H3,(H,18,20,21). The second kappa shape index (κ2) is 6.73. The van der Waals surface area contributed by atoms with Crippen LogP contribution in [0.4, 0.5) is 5.82 Å². The molecule has 0 spiro atoms. The fraction of sp³-hybridized carbons (Fsp3) is 0.188.